The Morgan fingerprint density at radius 3 is 2.43 bits per heavy atom. The summed E-state index contributed by atoms with van der Waals surface area (Å²) >= 11 is 0. The average molecular weight is 512 g/mol. The summed E-state index contributed by atoms with van der Waals surface area (Å²) in [4.78, 5) is 40.4. The van der Waals surface area contributed by atoms with Crippen molar-refractivity contribution in [3.05, 3.63) is 65.7 Å². The molecule has 0 spiro atoms. The maximum absolute atomic E-state index is 13.5. The van der Waals surface area contributed by atoms with Crippen LogP contribution in [0.3, 0.4) is 0 Å². The number of hydrogen-bond donors (Lipinski definition) is 3. The minimum absolute atomic E-state index is 0.0569. The second-order valence-corrected chi connectivity index (χ2v) is 10.1. The molecule has 0 aliphatic carbocycles. The van der Waals surface area contributed by atoms with Crippen LogP contribution < -0.4 is 10.6 Å². The Bertz CT molecular complexity index is 1040. The fourth-order valence-electron chi connectivity index (χ4n) is 4.11. The van der Waals surface area contributed by atoms with Gasteiger partial charge >= 0.3 is 6.09 Å². The van der Waals surface area contributed by atoms with Crippen molar-refractivity contribution >= 4 is 17.9 Å². The number of phenols is 1. The Morgan fingerprint density at radius 1 is 1.05 bits per heavy atom. The molecule has 0 aromatic heterocycles. The molecule has 1 aliphatic rings. The van der Waals surface area contributed by atoms with E-state index in [1.807, 2.05) is 30.3 Å². The molecule has 9 nitrogen and oxygen atoms in total. The molecule has 2 aromatic rings. The van der Waals surface area contributed by atoms with Gasteiger partial charge in [-0.05, 0) is 63.3 Å². The number of rotatable bonds is 10. The highest BCUT2D eigenvalue weighted by Crippen LogP contribution is 2.19. The number of carbonyl (C=O) groups excluding carboxylic acids is 3. The van der Waals surface area contributed by atoms with E-state index >= 15 is 0 Å². The third-order valence-electron chi connectivity index (χ3n) is 5.87. The fraction of sp³-hybridized carbons (Fsp3) is 0.464. The largest absolute Gasteiger partial charge is 0.508 e. The van der Waals surface area contributed by atoms with Crippen molar-refractivity contribution in [3.63, 3.8) is 0 Å². The van der Waals surface area contributed by atoms with Crippen LogP contribution in [-0.2, 0) is 32.1 Å². The molecule has 1 aliphatic heterocycles. The first-order valence-electron chi connectivity index (χ1n) is 12.6. The minimum atomic E-state index is -0.996. The molecular weight excluding hydrogens is 474 g/mol. The number of alkyl carbamates (subject to hydrolysis) is 1. The van der Waals surface area contributed by atoms with E-state index in [-0.39, 0.29) is 30.8 Å². The Morgan fingerprint density at radius 2 is 1.76 bits per heavy atom. The number of ether oxygens (including phenoxy) is 2. The summed E-state index contributed by atoms with van der Waals surface area (Å²) < 4.78 is 11.1. The van der Waals surface area contributed by atoms with Crippen LogP contribution in [0.5, 0.6) is 5.75 Å². The van der Waals surface area contributed by atoms with E-state index in [4.69, 9.17) is 9.47 Å². The number of nitrogens with zero attached hydrogens (tertiary/aromatic N) is 1. The molecule has 0 unspecified atom stereocenters. The molecule has 3 amide bonds. The molecule has 2 atom stereocenters. The second-order valence-electron chi connectivity index (χ2n) is 10.1. The summed E-state index contributed by atoms with van der Waals surface area (Å²) in [6.45, 7) is 6.28. The van der Waals surface area contributed by atoms with Gasteiger partial charge in [-0.2, -0.15) is 0 Å². The lowest BCUT2D eigenvalue weighted by molar-refractivity contribution is -0.141. The van der Waals surface area contributed by atoms with Crippen LogP contribution in [0, 0.1) is 0 Å². The van der Waals surface area contributed by atoms with E-state index in [9.17, 15) is 19.5 Å². The number of amides is 3. The van der Waals surface area contributed by atoms with Gasteiger partial charge in [-0.15, -0.1) is 0 Å². The van der Waals surface area contributed by atoms with Gasteiger partial charge in [-0.1, -0.05) is 42.5 Å². The van der Waals surface area contributed by atoms with E-state index in [1.165, 1.54) is 4.90 Å². The third-order valence-corrected chi connectivity index (χ3v) is 5.87. The maximum atomic E-state index is 13.5. The Labute approximate surface area is 218 Å². The van der Waals surface area contributed by atoms with E-state index in [0.717, 1.165) is 11.1 Å². The Hall–Kier alpha value is -3.59. The first-order chi connectivity index (χ1) is 17.6. The number of aromatic hydroxyl groups is 1. The Kier molecular flexibility index (Phi) is 9.91. The highest BCUT2D eigenvalue weighted by Gasteiger charge is 2.38. The first kappa shape index (κ1) is 28.0. The van der Waals surface area contributed by atoms with Gasteiger partial charge < -0.3 is 30.1 Å². The molecule has 37 heavy (non-hydrogen) atoms. The average Bonchev–Trinajstić information content (AvgIpc) is 3.34. The van der Waals surface area contributed by atoms with Crippen LogP contribution >= 0.6 is 0 Å². The van der Waals surface area contributed by atoms with Gasteiger partial charge in [-0.3, -0.25) is 9.59 Å². The van der Waals surface area contributed by atoms with Crippen LogP contribution in [0.2, 0.25) is 0 Å². The molecule has 2 aromatic carbocycles. The number of likely N-dealkylation sites (tertiary alicyclic amines) is 1. The van der Waals surface area contributed by atoms with Gasteiger partial charge in [0.25, 0.3) is 0 Å². The number of hydrogen-bond acceptors (Lipinski definition) is 6. The van der Waals surface area contributed by atoms with Gasteiger partial charge in [0.15, 0.2) is 0 Å². The van der Waals surface area contributed by atoms with Crippen molar-refractivity contribution in [2.75, 3.05) is 19.7 Å². The summed E-state index contributed by atoms with van der Waals surface area (Å²) in [6, 6.07) is 14.7. The molecule has 3 N–H and O–H groups in total. The second kappa shape index (κ2) is 13.1. The van der Waals surface area contributed by atoms with Crippen LogP contribution in [0.4, 0.5) is 4.79 Å². The zero-order valence-electron chi connectivity index (χ0n) is 21.7. The molecule has 0 saturated carbocycles. The van der Waals surface area contributed by atoms with Crippen molar-refractivity contribution in [1.29, 1.82) is 0 Å². The van der Waals surface area contributed by atoms with Crippen molar-refractivity contribution in [2.45, 2.75) is 64.3 Å². The number of phenolic OH excluding ortho intramolecular Hbond substituents is 1. The van der Waals surface area contributed by atoms with E-state index in [0.29, 0.717) is 32.4 Å². The molecule has 3 rings (SSSR count). The monoisotopic (exact) mass is 511 g/mol. The van der Waals surface area contributed by atoms with Crippen LogP contribution in [0.25, 0.3) is 0 Å². The summed E-state index contributed by atoms with van der Waals surface area (Å²) in [7, 11) is 0. The summed E-state index contributed by atoms with van der Waals surface area (Å²) in [5, 5.41) is 15.0. The van der Waals surface area contributed by atoms with Crippen molar-refractivity contribution in [1.82, 2.24) is 15.5 Å². The Balaban J connectivity index is 1.61. The van der Waals surface area contributed by atoms with Crippen LogP contribution in [0.1, 0.15) is 44.7 Å². The standard InChI is InChI=1S/C28H37N3O6/c1-28(2,3)37-27(35)30-23(19-36-18-21-8-5-4-6-9-21)26(34)31-17-7-10-24(31)25(33)29-16-15-20-11-13-22(32)14-12-20/h4-6,8-9,11-14,23-24,32H,7,10,15-19H2,1-3H3,(H,29,33)(H,30,35)/t23-,24-/m0/s1. The molecular formula is C28H37N3O6. The predicted octanol–water partition coefficient (Wildman–Crippen LogP) is 3.15. The molecule has 9 heteroatoms. The van der Waals surface area contributed by atoms with Crippen molar-refractivity contribution in [3.8, 4) is 5.75 Å². The SMILES string of the molecule is CC(C)(C)OC(=O)N[C@@H](COCc1ccccc1)C(=O)N1CCC[C@H]1C(=O)NCCc1ccc(O)cc1. The van der Waals surface area contributed by atoms with Crippen molar-refractivity contribution < 1.29 is 29.0 Å². The first-order valence-corrected chi connectivity index (χ1v) is 12.6. The lowest BCUT2D eigenvalue weighted by Crippen LogP contribution is -2.55. The normalized spacial score (nSPS) is 16.2. The molecule has 200 valence electrons. The summed E-state index contributed by atoms with van der Waals surface area (Å²) in [6.07, 6.45) is 1.11. The lowest BCUT2D eigenvalue weighted by Gasteiger charge is -2.29. The zero-order valence-corrected chi connectivity index (χ0v) is 21.7. The van der Waals surface area contributed by atoms with Gasteiger partial charge in [-0.25, -0.2) is 4.79 Å². The summed E-state index contributed by atoms with van der Waals surface area (Å²) in [5.41, 5.74) is 1.20. The molecule has 0 radical (unpaired) electrons. The molecule has 1 saturated heterocycles. The van der Waals surface area contributed by atoms with Gasteiger partial charge in [0, 0.05) is 13.1 Å². The van der Waals surface area contributed by atoms with Gasteiger partial charge in [0.2, 0.25) is 11.8 Å². The van der Waals surface area contributed by atoms with Crippen molar-refractivity contribution in [2.24, 2.45) is 0 Å². The molecule has 0 bridgehead atoms. The fourth-order valence-corrected chi connectivity index (χ4v) is 4.11. The topological polar surface area (TPSA) is 117 Å². The maximum Gasteiger partial charge on any atom is 0.408 e. The van der Waals surface area contributed by atoms with Gasteiger partial charge in [0.1, 0.15) is 23.4 Å². The highest BCUT2D eigenvalue weighted by molar-refractivity contribution is 5.92. The van der Waals surface area contributed by atoms with E-state index in [2.05, 4.69) is 10.6 Å². The van der Waals surface area contributed by atoms with Gasteiger partial charge in [0.05, 0.1) is 13.2 Å². The third kappa shape index (κ3) is 9.09. The molecule has 1 fully saturated rings. The lowest BCUT2D eigenvalue weighted by atomic mass is 10.1. The zero-order chi connectivity index (χ0) is 26.8. The number of benzene rings is 2. The summed E-state index contributed by atoms with van der Waals surface area (Å²) in [5.74, 6) is -0.420. The number of carbonyl (C=O) groups is 3. The minimum Gasteiger partial charge on any atom is -0.508 e. The van der Waals surface area contributed by atoms with Crippen LogP contribution in [0.15, 0.2) is 54.6 Å². The van der Waals surface area contributed by atoms with E-state index < -0.39 is 23.8 Å². The number of nitrogens with one attached hydrogen (secondary N) is 2. The molecule has 1 heterocycles. The van der Waals surface area contributed by atoms with E-state index in [1.54, 1.807) is 45.0 Å². The highest BCUT2D eigenvalue weighted by atomic mass is 16.6. The smallest absolute Gasteiger partial charge is 0.408 e. The quantitative estimate of drug-likeness (QED) is 0.451. The van der Waals surface area contributed by atoms with Crippen LogP contribution in [-0.4, -0.2) is 65.3 Å². The predicted molar refractivity (Wildman–Crippen MR) is 139 cm³/mol.